The maximum atomic E-state index is 4.65. The molecule has 0 N–H and O–H groups in total. The van der Waals surface area contributed by atoms with Gasteiger partial charge < -0.3 is 4.57 Å². The van der Waals surface area contributed by atoms with Gasteiger partial charge in [-0.3, -0.25) is 4.99 Å². The largest absolute Gasteiger partial charge is 0.327 e. The van der Waals surface area contributed by atoms with Gasteiger partial charge in [0.25, 0.3) is 0 Å². The summed E-state index contributed by atoms with van der Waals surface area (Å²) in [6.07, 6.45) is 1.93. The molecule has 3 nitrogen and oxygen atoms in total. The van der Waals surface area contributed by atoms with Crippen molar-refractivity contribution in [2.75, 3.05) is 6.54 Å². The third-order valence-corrected chi connectivity index (χ3v) is 3.64. The Morgan fingerprint density at radius 1 is 1.21 bits per heavy atom. The van der Waals surface area contributed by atoms with E-state index in [1.807, 2.05) is 11.6 Å². The molecular weight excluding hydrogens is 234 g/mol. The molecule has 0 amide bonds. The normalized spacial score (nSPS) is 13.6. The molecule has 0 aliphatic carbocycles. The van der Waals surface area contributed by atoms with Gasteiger partial charge in [0.15, 0.2) is 5.49 Å². The smallest absolute Gasteiger partial charge is 0.153 e. The first-order valence-corrected chi connectivity index (χ1v) is 6.81. The van der Waals surface area contributed by atoms with Crippen LogP contribution in [-0.4, -0.2) is 16.1 Å². The van der Waals surface area contributed by atoms with Crippen LogP contribution in [0, 0.1) is 0 Å². The summed E-state index contributed by atoms with van der Waals surface area (Å²) in [6.45, 7) is 17.3. The predicted octanol–water partition coefficient (Wildman–Crippen LogP) is 1.45. The average molecular weight is 259 g/mol. The summed E-state index contributed by atoms with van der Waals surface area (Å²) in [5.41, 5.74) is 4.52. The number of nitrogens with zero attached hydrogens (tertiary/aromatic N) is 3. The quantitative estimate of drug-likeness (QED) is 0.753. The fourth-order valence-corrected chi connectivity index (χ4v) is 1.90. The van der Waals surface area contributed by atoms with Crippen molar-refractivity contribution < 1.29 is 0 Å². The Kier molecular flexibility index (Phi) is 5.28. The highest BCUT2D eigenvalue weighted by atomic mass is 15.0. The first kappa shape index (κ1) is 15.4. The number of hydrogen-bond acceptors (Lipinski definition) is 2. The molecule has 104 valence electrons. The summed E-state index contributed by atoms with van der Waals surface area (Å²) in [5.74, 6) is 0. The Morgan fingerprint density at radius 3 is 2.37 bits per heavy atom. The molecular formula is C16H25N3. The fraction of sp³-hybridized carbons (Fsp3) is 0.500. The summed E-state index contributed by atoms with van der Waals surface area (Å²) < 4.78 is 1.99. The molecule has 0 aliphatic rings. The lowest BCUT2D eigenvalue weighted by molar-refractivity contribution is 0.731. The second-order valence-electron chi connectivity index (χ2n) is 4.92. The van der Waals surface area contributed by atoms with E-state index in [0.717, 1.165) is 34.7 Å². The number of rotatable bonds is 4. The molecule has 0 unspecified atom stereocenters. The van der Waals surface area contributed by atoms with E-state index in [9.17, 15) is 0 Å². The van der Waals surface area contributed by atoms with Crippen LogP contribution in [0.25, 0.3) is 13.2 Å². The minimum Gasteiger partial charge on any atom is -0.327 e. The Morgan fingerprint density at radius 2 is 1.84 bits per heavy atom. The van der Waals surface area contributed by atoms with Crippen LogP contribution in [0.5, 0.6) is 0 Å². The Bertz CT molecular complexity index is 648. The molecule has 0 saturated carbocycles. The van der Waals surface area contributed by atoms with Crippen molar-refractivity contribution in [1.29, 1.82) is 0 Å². The SMILES string of the molecule is C=c1nc(CC)c(=C)n(C)/c1=N/C/C(C)=C(/C)CC. The molecule has 0 atom stereocenters. The molecule has 0 bridgehead atoms. The van der Waals surface area contributed by atoms with E-state index in [0.29, 0.717) is 6.54 Å². The first-order valence-electron chi connectivity index (χ1n) is 6.81. The van der Waals surface area contributed by atoms with E-state index < -0.39 is 0 Å². The first-order chi connectivity index (χ1) is 8.92. The number of allylic oxidation sites excluding steroid dienone is 1. The van der Waals surface area contributed by atoms with Crippen LogP contribution >= 0.6 is 0 Å². The molecule has 0 saturated heterocycles. The average Bonchev–Trinajstić information content (AvgIpc) is 2.41. The Hall–Kier alpha value is -1.64. The Labute approximate surface area is 115 Å². The van der Waals surface area contributed by atoms with Crippen molar-refractivity contribution in [2.24, 2.45) is 12.0 Å². The maximum Gasteiger partial charge on any atom is 0.153 e. The zero-order valence-corrected chi connectivity index (χ0v) is 12.9. The number of hydrogen-bond donors (Lipinski definition) is 0. The van der Waals surface area contributed by atoms with E-state index in [-0.39, 0.29) is 0 Å². The van der Waals surface area contributed by atoms with Gasteiger partial charge in [0.2, 0.25) is 0 Å². The molecule has 0 aromatic carbocycles. The van der Waals surface area contributed by atoms with Crippen molar-refractivity contribution in [2.45, 2.75) is 40.5 Å². The van der Waals surface area contributed by atoms with Crippen molar-refractivity contribution in [3.63, 3.8) is 0 Å². The minimum atomic E-state index is 0.697. The van der Waals surface area contributed by atoms with Gasteiger partial charge in [-0.25, -0.2) is 4.98 Å². The van der Waals surface area contributed by atoms with Crippen LogP contribution in [0.15, 0.2) is 16.1 Å². The molecule has 0 aliphatic heterocycles. The third kappa shape index (κ3) is 3.43. The molecule has 0 radical (unpaired) electrons. The molecule has 1 heterocycles. The highest BCUT2D eigenvalue weighted by Crippen LogP contribution is 2.06. The lowest BCUT2D eigenvalue weighted by Gasteiger charge is -2.07. The summed E-state index contributed by atoms with van der Waals surface area (Å²) >= 11 is 0. The van der Waals surface area contributed by atoms with Gasteiger partial charge >= 0.3 is 0 Å². The number of aromatic nitrogens is 2. The van der Waals surface area contributed by atoms with E-state index >= 15 is 0 Å². The van der Waals surface area contributed by atoms with Crippen molar-refractivity contribution >= 4 is 13.2 Å². The van der Waals surface area contributed by atoms with Crippen LogP contribution in [0.1, 0.15) is 39.8 Å². The Balaban J connectivity index is 3.34. The topological polar surface area (TPSA) is 30.2 Å². The van der Waals surface area contributed by atoms with Gasteiger partial charge in [-0.05, 0) is 26.7 Å². The maximum absolute atomic E-state index is 4.65. The van der Waals surface area contributed by atoms with Crippen molar-refractivity contribution in [3.05, 3.63) is 33.0 Å². The van der Waals surface area contributed by atoms with Gasteiger partial charge in [0.05, 0.1) is 22.9 Å². The van der Waals surface area contributed by atoms with Gasteiger partial charge in [-0.2, -0.15) is 0 Å². The summed E-state index contributed by atoms with van der Waals surface area (Å²) in [6, 6.07) is 0. The summed E-state index contributed by atoms with van der Waals surface area (Å²) in [4.78, 5) is 9.14. The zero-order valence-electron chi connectivity index (χ0n) is 12.9. The fourth-order valence-electron chi connectivity index (χ4n) is 1.90. The van der Waals surface area contributed by atoms with Gasteiger partial charge in [0.1, 0.15) is 0 Å². The van der Waals surface area contributed by atoms with E-state index in [1.54, 1.807) is 0 Å². The van der Waals surface area contributed by atoms with Crippen molar-refractivity contribution in [1.82, 2.24) is 9.55 Å². The van der Waals surface area contributed by atoms with Crippen LogP contribution < -0.4 is 16.2 Å². The van der Waals surface area contributed by atoms with Crippen molar-refractivity contribution in [3.8, 4) is 0 Å². The number of aryl methyl sites for hydroxylation is 1. The van der Waals surface area contributed by atoms with Gasteiger partial charge in [-0.15, -0.1) is 0 Å². The lowest BCUT2D eigenvalue weighted by Crippen LogP contribution is -2.45. The standard InChI is InChI=1S/C16H25N3/c1-8-11(3)12(4)10-17-16-13(5)18-15(9-2)14(6)19(16)7/h5-6,8-10H2,1-4,7H3/b12-11-,17-16+. The second-order valence-corrected chi connectivity index (χ2v) is 4.92. The highest BCUT2D eigenvalue weighted by molar-refractivity contribution is 5.12. The molecule has 19 heavy (non-hydrogen) atoms. The van der Waals surface area contributed by atoms with Crippen LogP contribution in [-0.2, 0) is 13.5 Å². The van der Waals surface area contributed by atoms with E-state index in [1.165, 1.54) is 11.1 Å². The minimum absolute atomic E-state index is 0.697. The summed E-state index contributed by atoms with van der Waals surface area (Å²) in [7, 11) is 1.97. The molecule has 1 aromatic heterocycles. The van der Waals surface area contributed by atoms with E-state index in [2.05, 4.69) is 50.8 Å². The van der Waals surface area contributed by atoms with Crippen LogP contribution in [0.4, 0.5) is 0 Å². The van der Waals surface area contributed by atoms with Gasteiger partial charge in [0, 0.05) is 7.05 Å². The monoisotopic (exact) mass is 259 g/mol. The molecule has 0 fully saturated rings. The van der Waals surface area contributed by atoms with E-state index in [4.69, 9.17) is 0 Å². The zero-order chi connectivity index (χ0) is 14.6. The van der Waals surface area contributed by atoms with Gasteiger partial charge in [-0.1, -0.05) is 38.2 Å². The second kappa shape index (κ2) is 6.50. The molecule has 3 heteroatoms. The highest BCUT2D eigenvalue weighted by Gasteiger charge is 2.00. The van der Waals surface area contributed by atoms with Crippen LogP contribution in [0.2, 0.25) is 0 Å². The molecule has 1 rings (SSSR count). The third-order valence-electron chi connectivity index (χ3n) is 3.64. The molecule has 0 spiro atoms. The molecule has 1 aromatic rings. The predicted molar refractivity (Wildman–Crippen MR) is 82.0 cm³/mol. The van der Waals surface area contributed by atoms with Crippen LogP contribution in [0.3, 0.4) is 0 Å². The lowest BCUT2D eigenvalue weighted by atomic mass is 10.1. The summed E-state index contributed by atoms with van der Waals surface area (Å²) in [5, 5.41) is 1.65.